The summed E-state index contributed by atoms with van der Waals surface area (Å²) in [5.41, 5.74) is 1.72. The summed E-state index contributed by atoms with van der Waals surface area (Å²) < 4.78 is 5.12. The van der Waals surface area contributed by atoms with Gasteiger partial charge in [-0.3, -0.25) is 9.59 Å². The minimum absolute atomic E-state index is 0.0916. The Morgan fingerprint density at radius 1 is 1.07 bits per heavy atom. The molecule has 0 aliphatic heterocycles. The number of H-pyrrole nitrogens is 1. The van der Waals surface area contributed by atoms with E-state index in [9.17, 15) is 14.4 Å². The fourth-order valence-electron chi connectivity index (χ4n) is 2.99. The zero-order valence-corrected chi connectivity index (χ0v) is 15.8. The van der Waals surface area contributed by atoms with E-state index in [0.29, 0.717) is 28.3 Å². The fourth-order valence-corrected chi connectivity index (χ4v) is 2.99. The van der Waals surface area contributed by atoms with Crippen molar-refractivity contribution in [1.82, 2.24) is 9.97 Å². The summed E-state index contributed by atoms with van der Waals surface area (Å²) in [4.78, 5) is 43.0. The zero-order chi connectivity index (χ0) is 20.4. The number of rotatable bonds is 6. The summed E-state index contributed by atoms with van der Waals surface area (Å²) in [5.74, 6) is 0.500. The smallest absolute Gasteiger partial charge is 0.346 e. The normalized spacial score (nSPS) is 13.0. The van der Waals surface area contributed by atoms with Gasteiger partial charge in [-0.05, 0) is 67.4 Å². The summed E-state index contributed by atoms with van der Waals surface area (Å²) >= 11 is 0. The first-order chi connectivity index (χ1) is 14.0. The molecule has 0 bridgehead atoms. The van der Waals surface area contributed by atoms with Gasteiger partial charge in [-0.25, -0.2) is 4.79 Å². The van der Waals surface area contributed by atoms with Crippen LogP contribution in [-0.2, 0) is 0 Å². The molecule has 29 heavy (non-hydrogen) atoms. The number of ether oxygens (including phenoxy) is 1. The lowest BCUT2D eigenvalue weighted by molar-refractivity contribution is 0.0967. The second kappa shape index (κ2) is 7.71. The number of nitrogens with zero attached hydrogens (tertiary/aromatic N) is 1. The van der Waals surface area contributed by atoms with Crippen LogP contribution in [0.4, 0.5) is 5.69 Å². The third-order valence-corrected chi connectivity index (χ3v) is 4.75. The molecule has 1 aliphatic rings. The number of benzene rings is 2. The van der Waals surface area contributed by atoms with Gasteiger partial charge in [0.2, 0.25) is 0 Å². The van der Waals surface area contributed by atoms with Crippen LogP contribution in [0.3, 0.4) is 0 Å². The number of aromatic nitrogens is 2. The van der Waals surface area contributed by atoms with Crippen LogP contribution in [0.5, 0.6) is 5.75 Å². The van der Waals surface area contributed by atoms with E-state index in [1.807, 2.05) is 0 Å². The zero-order valence-electron chi connectivity index (χ0n) is 15.8. The van der Waals surface area contributed by atoms with Crippen LogP contribution in [0.25, 0.3) is 11.3 Å². The van der Waals surface area contributed by atoms with E-state index in [1.54, 1.807) is 55.6 Å². The van der Waals surface area contributed by atoms with Crippen LogP contribution in [-0.4, -0.2) is 28.8 Å². The number of ketones is 1. The third-order valence-electron chi connectivity index (χ3n) is 4.75. The molecule has 0 spiro atoms. The van der Waals surface area contributed by atoms with Crippen LogP contribution >= 0.6 is 0 Å². The minimum Gasteiger partial charge on any atom is -0.497 e. The van der Waals surface area contributed by atoms with Crippen molar-refractivity contribution >= 4 is 17.4 Å². The fraction of sp³-hybridized carbons (Fsp3) is 0.182. The van der Waals surface area contributed by atoms with E-state index in [-0.39, 0.29) is 17.4 Å². The maximum absolute atomic E-state index is 12.6. The molecule has 1 aliphatic carbocycles. The molecule has 3 aromatic rings. The molecule has 0 unspecified atom stereocenters. The standard InChI is InChI=1S/C22H19N3O4/c1-29-17-10-6-13(7-11-17)18-12-19(25-22(28)24-18)21(27)23-16-8-4-15(5-9-16)20(26)14-2-3-14/h4-12,14H,2-3H2,1H3,(H,23,27)(H,24,25,28). The molecular formula is C22H19N3O4. The highest BCUT2D eigenvalue weighted by Gasteiger charge is 2.30. The number of carbonyl (C=O) groups is 2. The predicted molar refractivity (Wildman–Crippen MR) is 108 cm³/mol. The number of aromatic amines is 1. The molecule has 2 aromatic carbocycles. The Balaban J connectivity index is 1.52. The quantitative estimate of drug-likeness (QED) is 0.630. The highest BCUT2D eigenvalue weighted by molar-refractivity contribution is 6.04. The number of anilines is 1. The van der Waals surface area contributed by atoms with Gasteiger partial charge in [0.15, 0.2) is 5.78 Å². The van der Waals surface area contributed by atoms with E-state index in [4.69, 9.17) is 4.74 Å². The average Bonchev–Trinajstić information content (AvgIpc) is 3.59. The van der Waals surface area contributed by atoms with Crippen LogP contribution in [0.1, 0.15) is 33.7 Å². The maximum Gasteiger partial charge on any atom is 0.346 e. The summed E-state index contributed by atoms with van der Waals surface area (Å²) in [5, 5.41) is 2.73. The van der Waals surface area contributed by atoms with Crippen LogP contribution < -0.4 is 15.7 Å². The Hall–Kier alpha value is -3.74. The molecule has 7 heteroatoms. The molecule has 1 fully saturated rings. The van der Waals surface area contributed by atoms with Gasteiger partial charge in [0.05, 0.1) is 12.8 Å². The molecule has 1 aromatic heterocycles. The molecule has 0 atom stereocenters. The Morgan fingerprint density at radius 3 is 2.38 bits per heavy atom. The van der Waals surface area contributed by atoms with Crippen molar-refractivity contribution in [3.63, 3.8) is 0 Å². The van der Waals surface area contributed by atoms with Crippen molar-refractivity contribution in [3.8, 4) is 17.0 Å². The number of hydrogen-bond acceptors (Lipinski definition) is 5. The molecule has 1 amide bonds. The maximum atomic E-state index is 12.6. The summed E-state index contributed by atoms with van der Waals surface area (Å²) in [6.07, 6.45) is 1.90. The van der Waals surface area contributed by atoms with Gasteiger partial charge in [-0.2, -0.15) is 4.98 Å². The average molecular weight is 389 g/mol. The largest absolute Gasteiger partial charge is 0.497 e. The number of carbonyl (C=O) groups excluding carboxylic acids is 2. The third kappa shape index (κ3) is 4.24. The Bertz CT molecular complexity index is 1110. The lowest BCUT2D eigenvalue weighted by atomic mass is 10.1. The van der Waals surface area contributed by atoms with Crippen LogP contribution in [0, 0.1) is 5.92 Å². The minimum atomic E-state index is -0.617. The van der Waals surface area contributed by atoms with Crippen molar-refractivity contribution in [2.45, 2.75) is 12.8 Å². The van der Waals surface area contributed by atoms with E-state index in [1.165, 1.54) is 6.07 Å². The van der Waals surface area contributed by atoms with E-state index < -0.39 is 11.6 Å². The van der Waals surface area contributed by atoms with Crippen molar-refractivity contribution in [3.05, 3.63) is 76.3 Å². The highest BCUT2D eigenvalue weighted by Crippen LogP contribution is 2.32. The van der Waals surface area contributed by atoms with Crippen molar-refractivity contribution in [2.24, 2.45) is 5.92 Å². The molecule has 0 saturated heterocycles. The SMILES string of the molecule is COc1ccc(-c2cc(C(=O)Nc3ccc(C(=O)C4CC4)cc3)[nH]c(=O)n2)cc1. The molecular weight excluding hydrogens is 370 g/mol. The van der Waals surface area contributed by atoms with Gasteiger partial charge in [0.25, 0.3) is 5.91 Å². The van der Waals surface area contributed by atoms with E-state index in [0.717, 1.165) is 12.8 Å². The highest BCUT2D eigenvalue weighted by atomic mass is 16.5. The van der Waals surface area contributed by atoms with Gasteiger partial charge in [-0.15, -0.1) is 0 Å². The van der Waals surface area contributed by atoms with Gasteiger partial charge in [0.1, 0.15) is 11.4 Å². The van der Waals surface area contributed by atoms with E-state index in [2.05, 4.69) is 15.3 Å². The van der Waals surface area contributed by atoms with Crippen LogP contribution in [0.2, 0.25) is 0 Å². The molecule has 146 valence electrons. The molecule has 1 saturated carbocycles. The van der Waals surface area contributed by atoms with Crippen molar-refractivity contribution in [2.75, 3.05) is 12.4 Å². The molecule has 7 nitrogen and oxygen atoms in total. The summed E-state index contributed by atoms with van der Waals surface area (Å²) in [6, 6.07) is 15.3. The van der Waals surface area contributed by atoms with Crippen molar-refractivity contribution < 1.29 is 14.3 Å². The second-order valence-electron chi connectivity index (χ2n) is 6.88. The molecule has 1 heterocycles. The number of nitrogens with one attached hydrogen (secondary N) is 2. The van der Waals surface area contributed by atoms with Crippen LogP contribution in [0.15, 0.2) is 59.4 Å². The van der Waals surface area contributed by atoms with Gasteiger partial charge in [0, 0.05) is 22.7 Å². The number of Topliss-reactive ketones (excluding diaryl/α,β-unsaturated/α-hetero) is 1. The van der Waals surface area contributed by atoms with Gasteiger partial charge < -0.3 is 15.0 Å². The lowest BCUT2D eigenvalue weighted by Gasteiger charge is -2.08. The van der Waals surface area contributed by atoms with Crippen molar-refractivity contribution in [1.29, 1.82) is 0 Å². The van der Waals surface area contributed by atoms with Gasteiger partial charge in [-0.1, -0.05) is 0 Å². The summed E-state index contributed by atoms with van der Waals surface area (Å²) in [7, 11) is 1.57. The van der Waals surface area contributed by atoms with E-state index >= 15 is 0 Å². The first kappa shape index (κ1) is 18.6. The second-order valence-corrected chi connectivity index (χ2v) is 6.88. The Labute approximate surface area is 166 Å². The lowest BCUT2D eigenvalue weighted by Crippen LogP contribution is -2.21. The number of amides is 1. The summed E-state index contributed by atoms with van der Waals surface area (Å²) in [6.45, 7) is 0. The topological polar surface area (TPSA) is 101 Å². The first-order valence-corrected chi connectivity index (χ1v) is 9.25. The predicted octanol–water partition coefficient (Wildman–Crippen LogP) is 3.29. The van der Waals surface area contributed by atoms with Gasteiger partial charge >= 0.3 is 5.69 Å². The molecule has 4 rings (SSSR count). The number of hydrogen-bond donors (Lipinski definition) is 2. The first-order valence-electron chi connectivity index (χ1n) is 9.25. The Morgan fingerprint density at radius 2 is 1.76 bits per heavy atom. The molecule has 2 N–H and O–H groups in total. The molecule has 0 radical (unpaired) electrons. The number of methoxy groups -OCH3 is 1. The monoisotopic (exact) mass is 389 g/mol. The Kier molecular flexibility index (Phi) is 4.95.